The van der Waals surface area contributed by atoms with Crippen LogP contribution in [-0.4, -0.2) is 32.8 Å². The van der Waals surface area contributed by atoms with Gasteiger partial charge in [0.05, 0.1) is 23.6 Å². The van der Waals surface area contributed by atoms with Gasteiger partial charge in [-0.25, -0.2) is 14.4 Å². The molecular weight excluding hydrogens is 377 g/mol. The molecule has 0 aliphatic rings. The topological polar surface area (TPSA) is 149 Å². The summed E-state index contributed by atoms with van der Waals surface area (Å²) in [4.78, 5) is 35.9. The van der Waals surface area contributed by atoms with Gasteiger partial charge in [0.25, 0.3) is 5.91 Å². The Hall–Kier alpha value is -3.82. The fraction of sp³-hybridized carbons (Fsp3) is 0.211. The van der Waals surface area contributed by atoms with Gasteiger partial charge < -0.3 is 22.1 Å². The summed E-state index contributed by atoms with van der Waals surface area (Å²) in [5, 5.41) is 6.54. The number of halogens is 1. The molecule has 3 rings (SSSR count). The molecule has 29 heavy (non-hydrogen) atoms. The Morgan fingerprint density at radius 2 is 1.86 bits per heavy atom. The summed E-state index contributed by atoms with van der Waals surface area (Å²) in [6, 6.07) is 5.27. The van der Waals surface area contributed by atoms with E-state index in [1.807, 2.05) is 13.8 Å². The van der Waals surface area contributed by atoms with E-state index in [0.29, 0.717) is 16.6 Å². The van der Waals surface area contributed by atoms with E-state index in [-0.39, 0.29) is 29.1 Å². The highest BCUT2D eigenvalue weighted by Crippen LogP contribution is 2.23. The largest absolute Gasteiger partial charge is 0.368 e. The minimum atomic E-state index is -0.780. The van der Waals surface area contributed by atoms with Crippen molar-refractivity contribution in [1.82, 2.24) is 15.0 Å². The van der Waals surface area contributed by atoms with Crippen molar-refractivity contribution in [3.8, 4) is 0 Å². The van der Waals surface area contributed by atoms with E-state index in [0.717, 1.165) is 0 Å². The predicted octanol–water partition coefficient (Wildman–Crippen LogP) is 1.93. The van der Waals surface area contributed by atoms with Crippen LogP contribution in [0.2, 0.25) is 0 Å². The van der Waals surface area contributed by atoms with Gasteiger partial charge in [0, 0.05) is 11.5 Å². The number of carbonyl (C=O) groups excluding carboxylic acids is 2. The predicted molar refractivity (Wildman–Crippen MR) is 107 cm³/mol. The van der Waals surface area contributed by atoms with E-state index < -0.39 is 17.9 Å². The fourth-order valence-electron chi connectivity index (χ4n) is 2.75. The van der Waals surface area contributed by atoms with E-state index in [2.05, 4.69) is 25.6 Å². The second-order valence-corrected chi connectivity index (χ2v) is 6.77. The molecule has 6 N–H and O–H groups in total. The van der Waals surface area contributed by atoms with Crippen molar-refractivity contribution in [3.63, 3.8) is 0 Å². The molecule has 0 saturated heterocycles. The maximum atomic E-state index is 13.3. The maximum absolute atomic E-state index is 13.3. The van der Waals surface area contributed by atoms with Gasteiger partial charge in [-0.2, -0.15) is 0 Å². The minimum absolute atomic E-state index is 0.0812. The Bertz CT molecular complexity index is 1090. The lowest BCUT2D eigenvalue weighted by Gasteiger charge is -2.20. The first kappa shape index (κ1) is 19.9. The fourth-order valence-corrected chi connectivity index (χ4v) is 2.75. The molecule has 0 radical (unpaired) electrons. The summed E-state index contributed by atoms with van der Waals surface area (Å²) >= 11 is 0. The monoisotopic (exact) mass is 397 g/mol. The van der Waals surface area contributed by atoms with Gasteiger partial charge in [-0.05, 0) is 24.1 Å². The van der Waals surface area contributed by atoms with Crippen LogP contribution in [0.15, 0.2) is 36.7 Å². The van der Waals surface area contributed by atoms with E-state index >= 15 is 0 Å². The third kappa shape index (κ3) is 4.54. The molecule has 3 aromatic rings. The summed E-state index contributed by atoms with van der Waals surface area (Å²) in [6.07, 6.45) is 2.76. The van der Waals surface area contributed by atoms with Crippen LogP contribution in [0.5, 0.6) is 0 Å². The molecule has 0 saturated carbocycles. The van der Waals surface area contributed by atoms with Gasteiger partial charge >= 0.3 is 0 Å². The quantitative estimate of drug-likeness (QED) is 0.476. The number of amides is 2. The Balaban J connectivity index is 1.95. The Morgan fingerprint density at radius 1 is 1.10 bits per heavy atom. The van der Waals surface area contributed by atoms with Crippen LogP contribution in [0.3, 0.4) is 0 Å². The second-order valence-electron chi connectivity index (χ2n) is 6.77. The Morgan fingerprint density at radius 3 is 2.52 bits per heavy atom. The average molecular weight is 397 g/mol. The van der Waals surface area contributed by atoms with E-state index in [9.17, 15) is 14.0 Å². The normalized spacial score (nSPS) is 12.0. The lowest BCUT2D eigenvalue weighted by Crippen LogP contribution is -2.39. The molecule has 2 amide bonds. The number of carbonyl (C=O) groups is 2. The SMILES string of the molecule is CC(C)C(Nc1cnc(C(N)=O)c(Nc2cnc3cc(F)ccc3c2)n1)C(N)=O. The number of aromatic nitrogens is 3. The zero-order valence-electron chi connectivity index (χ0n) is 15.8. The number of nitrogens with one attached hydrogen (secondary N) is 2. The van der Waals surface area contributed by atoms with E-state index in [1.54, 1.807) is 12.1 Å². The minimum Gasteiger partial charge on any atom is -0.368 e. The van der Waals surface area contributed by atoms with Crippen molar-refractivity contribution < 1.29 is 14.0 Å². The van der Waals surface area contributed by atoms with Gasteiger partial charge in [0.1, 0.15) is 17.7 Å². The molecule has 2 heterocycles. The van der Waals surface area contributed by atoms with Crippen molar-refractivity contribution >= 4 is 40.0 Å². The van der Waals surface area contributed by atoms with Gasteiger partial charge in [-0.15, -0.1) is 0 Å². The number of anilines is 3. The van der Waals surface area contributed by atoms with Crippen LogP contribution >= 0.6 is 0 Å². The zero-order chi connectivity index (χ0) is 21.1. The number of primary amides is 2. The first-order chi connectivity index (χ1) is 13.7. The van der Waals surface area contributed by atoms with Crippen molar-refractivity contribution in [2.45, 2.75) is 19.9 Å². The lowest BCUT2D eigenvalue weighted by molar-refractivity contribution is -0.119. The summed E-state index contributed by atoms with van der Waals surface area (Å²) in [7, 11) is 0. The molecule has 0 spiro atoms. The van der Waals surface area contributed by atoms with E-state index in [4.69, 9.17) is 11.5 Å². The smallest absolute Gasteiger partial charge is 0.271 e. The van der Waals surface area contributed by atoms with Crippen LogP contribution in [0.25, 0.3) is 10.9 Å². The van der Waals surface area contributed by atoms with Gasteiger partial charge in [-0.1, -0.05) is 13.8 Å². The van der Waals surface area contributed by atoms with Crippen LogP contribution in [-0.2, 0) is 4.79 Å². The number of fused-ring (bicyclic) bond motifs is 1. The molecule has 1 atom stereocenters. The summed E-state index contributed by atoms with van der Waals surface area (Å²) in [6.45, 7) is 3.66. The van der Waals surface area contributed by atoms with Gasteiger partial charge in [0.15, 0.2) is 11.5 Å². The molecule has 1 aromatic carbocycles. The Kier molecular flexibility index (Phi) is 5.53. The highest BCUT2D eigenvalue weighted by Gasteiger charge is 2.21. The number of nitrogens with zero attached hydrogens (tertiary/aromatic N) is 3. The second kappa shape index (κ2) is 8.05. The van der Waals surface area contributed by atoms with Gasteiger partial charge in [0.2, 0.25) is 5.91 Å². The number of benzene rings is 1. The molecule has 150 valence electrons. The van der Waals surface area contributed by atoms with Crippen LogP contribution in [0.4, 0.5) is 21.7 Å². The average Bonchev–Trinajstić information content (AvgIpc) is 2.65. The number of pyridine rings is 1. The number of rotatable bonds is 7. The Labute approximate surface area is 165 Å². The third-order valence-electron chi connectivity index (χ3n) is 4.19. The number of hydrogen-bond donors (Lipinski definition) is 4. The molecule has 2 aromatic heterocycles. The van der Waals surface area contributed by atoms with Crippen LogP contribution in [0, 0.1) is 11.7 Å². The first-order valence-corrected chi connectivity index (χ1v) is 8.79. The summed E-state index contributed by atoms with van der Waals surface area (Å²) in [5.74, 6) is -1.48. The maximum Gasteiger partial charge on any atom is 0.271 e. The molecular formula is C19H20FN7O2. The first-order valence-electron chi connectivity index (χ1n) is 8.79. The third-order valence-corrected chi connectivity index (χ3v) is 4.19. The van der Waals surface area contributed by atoms with Crippen LogP contribution < -0.4 is 22.1 Å². The van der Waals surface area contributed by atoms with E-state index in [1.165, 1.54) is 24.5 Å². The standard InChI is InChI=1S/C19H20FN7O2/c1-9(2)15(17(21)28)26-14-8-24-16(18(22)29)19(27-14)25-12-5-10-3-4-11(20)6-13(10)23-7-12/h3-9,15H,1-2H3,(H2,21,28)(H2,22,29)(H2,25,26,27). The molecule has 9 nitrogen and oxygen atoms in total. The number of nitrogens with two attached hydrogens (primary N) is 2. The zero-order valence-corrected chi connectivity index (χ0v) is 15.8. The van der Waals surface area contributed by atoms with Gasteiger partial charge in [-0.3, -0.25) is 14.6 Å². The highest BCUT2D eigenvalue weighted by atomic mass is 19.1. The van der Waals surface area contributed by atoms with Crippen LogP contribution in [0.1, 0.15) is 24.3 Å². The highest BCUT2D eigenvalue weighted by molar-refractivity contribution is 5.96. The van der Waals surface area contributed by atoms with Crippen molar-refractivity contribution in [2.75, 3.05) is 10.6 Å². The molecule has 1 unspecified atom stereocenters. The van der Waals surface area contributed by atoms with Crippen molar-refractivity contribution in [2.24, 2.45) is 17.4 Å². The molecule has 0 aliphatic carbocycles. The lowest BCUT2D eigenvalue weighted by atomic mass is 10.0. The van der Waals surface area contributed by atoms with Crippen molar-refractivity contribution in [3.05, 3.63) is 48.2 Å². The number of hydrogen-bond acceptors (Lipinski definition) is 7. The molecule has 0 bridgehead atoms. The summed E-state index contributed by atoms with van der Waals surface area (Å²) < 4.78 is 13.3. The summed E-state index contributed by atoms with van der Waals surface area (Å²) in [5.41, 5.74) is 11.7. The van der Waals surface area contributed by atoms with Crippen molar-refractivity contribution in [1.29, 1.82) is 0 Å². The molecule has 0 fully saturated rings. The molecule has 0 aliphatic heterocycles. The molecule has 10 heteroatoms.